The Bertz CT molecular complexity index is 970. The highest BCUT2D eigenvalue weighted by molar-refractivity contribution is 7.92. The molecule has 8 heteroatoms. The number of aromatic nitrogens is 1. The van der Waals surface area contributed by atoms with Crippen molar-refractivity contribution >= 4 is 27.3 Å². The summed E-state index contributed by atoms with van der Waals surface area (Å²) in [7, 11) is -3.83. The van der Waals surface area contributed by atoms with E-state index in [2.05, 4.69) is 10.0 Å². The van der Waals surface area contributed by atoms with E-state index < -0.39 is 10.0 Å². The maximum atomic E-state index is 12.8. The Morgan fingerprint density at radius 2 is 1.88 bits per heavy atom. The fourth-order valence-electron chi connectivity index (χ4n) is 3.69. The smallest absolute Gasteiger partial charge is 0.275 e. The predicted molar refractivity (Wildman–Crippen MR) is 96.7 cm³/mol. The molecule has 1 aromatic heterocycles. The van der Waals surface area contributed by atoms with E-state index in [4.69, 9.17) is 11.6 Å². The highest BCUT2D eigenvalue weighted by Crippen LogP contribution is 2.32. The van der Waals surface area contributed by atoms with Gasteiger partial charge in [-0.05, 0) is 55.3 Å². The molecule has 2 aliphatic rings. The first kappa shape index (κ1) is 16.6. The van der Waals surface area contributed by atoms with Gasteiger partial charge in [0.2, 0.25) is 0 Å². The number of fused-ring (bicyclic) bond motifs is 4. The molecule has 0 spiro atoms. The van der Waals surface area contributed by atoms with Crippen molar-refractivity contribution in [3.63, 3.8) is 0 Å². The molecule has 25 heavy (non-hydrogen) atoms. The van der Waals surface area contributed by atoms with Crippen LogP contribution in [0.2, 0.25) is 5.02 Å². The quantitative estimate of drug-likeness (QED) is 0.854. The van der Waals surface area contributed by atoms with Crippen molar-refractivity contribution in [1.29, 1.82) is 0 Å². The van der Waals surface area contributed by atoms with Gasteiger partial charge in [-0.15, -0.1) is 0 Å². The topological polar surface area (TPSA) is 80.2 Å². The zero-order chi connectivity index (χ0) is 17.6. The second kappa shape index (κ2) is 6.16. The van der Waals surface area contributed by atoms with E-state index in [-0.39, 0.29) is 16.1 Å². The van der Waals surface area contributed by atoms with E-state index in [9.17, 15) is 13.2 Å². The minimum atomic E-state index is -3.83. The van der Waals surface area contributed by atoms with E-state index in [1.807, 2.05) is 6.07 Å². The Kier molecular flexibility index (Phi) is 4.10. The zero-order valence-corrected chi connectivity index (χ0v) is 15.0. The molecule has 2 atom stereocenters. The van der Waals surface area contributed by atoms with E-state index in [1.165, 1.54) is 24.3 Å². The number of nitrogens with one attached hydrogen (secondary N) is 2. The lowest BCUT2D eigenvalue weighted by Gasteiger charge is -2.37. The number of sulfonamides is 1. The van der Waals surface area contributed by atoms with Crippen LogP contribution in [0.5, 0.6) is 0 Å². The molecule has 6 nitrogen and oxygen atoms in total. The summed E-state index contributed by atoms with van der Waals surface area (Å²) in [6.45, 7) is 2.36. The van der Waals surface area contributed by atoms with Gasteiger partial charge in [-0.2, -0.15) is 0 Å². The van der Waals surface area contributed by atoms with Crippen molar-refractivity contribution in [2.24, 2.45) is 5.92 Å². The molecule has 1 saturated heterocycles. The van der Waals surface area contributed by atoms with Gasteiger partial charge >= 0.3 is 0 Å². The molecule has 4 rings (SSSR count). The number of benzene rings is 1. The lowest BCUT2D eigenvalue weighted by atomic mass is 9.84. The summed E-state index contributed by atoms with van der Waals surface area (Å²) in [5.41, 5.74) is 0.765. The van der Waals surface area contributed by atoms with Gasteiger partial charge in [-0.1, -0.05) is 11.6 Å². The summed E-state index contributed by atoms with van der Waals surface area (Å²) in [6.07, 6.45) is 1.07. The Morgan fingerprint density at radius 3 is 2.64 bits per heavy atom. The Morgan fingerprint density at radius 1 is 1.12 bits per heavy atom. The number of anilines is 1. The van der Waals surface area contributed by atoms with Crippen LogP contribution in [0.1, 0.15) is 18.0 Å². The molecule has 0 aliphatic carbocycles. The summed E-state index contributed by atoms with van der Waals surface area (Å²) >= 11 is 5.80. The fraction of sp³-hybridized carbons (Fsp3) is 0.353. The van der Waals surface area contributed by atoms with Crippen molar-refractivity contribution < 1.29 is 8.42 Å². The maximum Gasteiger partial charge on any atom is 0.275 e. The first-order chi connectivity index (χ1) is 11.9. The van der Waals surface area contributed by atoms with Crippen LogP contribution >= 0.6 is 11.6 Å². The Labute approximate surface area is 150 Å². The number of piperidine rings is 1. The maximum absolute atomic E-state index is 12.8. The van der Waals surface area contributed by atoms with Crippen LogP contribution in [-0.2, 0) is 16.6 Å². The molecule has 1 fully saturated rings. The SMILES string of the molecule is O=c1c(NS(=O)(=O)c2ccc(Cl)cc2)ccc2n1CC1CNCC2C1. The molecule has 0 saturated carbocycles. The van der Waals surface area contributed by atoms with Crippen LogP contribution in [-0.4, -0.2) is 26.1 Å². The van der Waals surface area contributed by atoms with Crippen LogP contribution < -0.4 is 15.6 Å². The van der Waals surface area contributed by atoms with Gasteiger partial charge in [0, 0.05) is 29.7 Å². The van der Waals surface area contributed by atoms with Crippen LogP contribution in [0.3, 0.4) is 0 Å². The van der Waals surface area contributed by atoms with Crippen molar-refractivity contribution in [3.05, 3.63) is 57.5 Å². The van der Waals surface area contributed by atoms with Crippen LogP contribution in [0, 0.1) is 5.92 Å². The van der Waals surface area contributed by atoms with Crippen molar-refractivity contribution in [3.8, 4) is 0 Å². The molecule has 2 unspecified atom stereocenters. The normalized spacial score (nSPS) is 22.3. The molecular formula is C17H18ClN3O3S. The molecule has 1 aromatic carbocycles. The van der Waals surface area contributed by atoms with E-state index in [0.29, 0.717) is 23.4 Å². The third kappa shape index (κ3) is 3.07. The van der Waals surface area contributed by atoms with Crippen LogP contribution in [0.25, 0.3) is 0 Å². The number of hydrogen-bond donors (Lipinski definition) is 2. The van der Waals surface area contributed by atoms with Gasteiger partial charge < -0.3 is 9.88 Å². The van der Waals surface area contributed by atoms with Crippen LogP contribution in [0.15, 0.2) is 46.1 Å². The average Bonchev–Trinajstić information content (AvgIpc) is 2.58. The first-order valence-electron chi connectivity index (χ1n) is 8.17. The van der Waals surface area contributed by atoms with Crippen molar-refractivity contribution in [1.82, 2.24) is 9.88 Å². The highest BCUT2D eigenvalue weighted by Gasteiger charge is 2.31. The summed E-state index contributed by atoms with van der Waals surface area (Å²) in [5.74, 6) is 0.717. The number of nitrogens with zero attached hydrogens (tertiary/aromatic N) is 1. The average molecular weight is 380 g/mol. The molecule has 2 aliphatic heterocycles. The van der Waals surface area contributed by atoms with Gasteiger partial charge in [0.15, 0.2) is 0 Å². The lowest BCUT2D eigenvalue weighted by Crippen LogP contribution is -2.45. The van der Waals surface area contributed by atoms with Crippen molar-refractivity contribution in [2.45, 2.75) is 23.8 Å². The summed E-state index contributed by atoms with van der Waals surface area (Å²) in [6, 6.07) is 9.26. The van der Waals surface area contributed by atoms with E-state index in [0.717, 1.165) is 25.2 Å². The second-order valence-corrected chi connectivity index (χ2v) is 8.72. The number of halogens is 1. The van der Waals surface area contributed by atoms with E-state index in [1.54, 1.807) is 10.6 Å². The Balaban J connectivity index is 1.69. The molecule has 0 radical (unpaired) electrons. The minimum absolute atomic E-state index is 0.0695. The highest BCUT2D eigenvalue weighted by atomic mass is 35.5. The van der Waals surface area contributed by atoms with Gasteiger partial charge in [-0.25, -0.2) is 8.42 Å². The summed E-state index contributed by atoms with van der Waals surface area (Å²) in [4.78, 5) is 12.9. The predicted octanol–water partition coefficient (Wildman–Crippen LogP) is 2.01. The van der Waals surface area contributed by atoms with Gasteiger partial charge in [0.25, 0.3) is 15.6 Å². The monoisotopic (exact) mass is 379 g/mol. The minimum Gasteiger partial charge on any atom is -0.316 e. The second-order valence-electron chi connectivity index (χ2n) is 6.60. The van der Waals surface area contributed by atoms with Crippen LogP contribution in [0.4, 0.5) is 5.69 Å². The molecule has 2 bridgehead atoms. The summed E-state index contributed by atoms with van der Waals surface area (Å²) < 4.78 is 29.2. The molecule has 0 amide bonds. The van der Waals surface area contributed by atoms with Gasteiger partial charge in [0.1, 0.15) is 5.69 Å². The number of hydrogen-bond acceptors (Lipinski definition) is 4. The third-order valence-electron chi connectivity index (χ3n) is 4.88. The van der Waals surface area contributed by atoms with E-state index >= 15 is 0 Å². The molecule has 2 N–H and O–H groups in total. The zero-order valence-electron chi connectivity index (χ0n) is 13.4. The summed E-state index contributed by atoms with van der Waals surface area (Å²) in [5, 5.41) is 3.84. The lowest BCUT2D eigenvalue weighted by molar-refractivity contribution is 0.257. The van der Waals surface area contributed by atoms with Gasteiger partial charge in [-0.3, -0.25) is 9.52 Å². The Hall–Kier alpha value is -1.83. The standard InChI is InChI=1S/C17H18ClN3O3S/c18-13-1-3-14(4-2-13)25(23,24)20-15-5-6-16-12-7-11(8-19-9-12)10-21(16)17(15)22/h1-6,11-12,19-20H,7-10H2. The number of pyridine rings is 1. The number of rotatable bonds is 3. The molecule has 132 valence electrons. The third-order valence-corrected chi connectivity index (χ3v) is 6.51. The van der Waals surface area contributed by atoms with Gasteiger partial charge in [0.05, 0.1) is 4.90 Å². The fourth-order valence-corrected chi connectivity index (χ4v) is 4.87. The first-order valence-corrected chi connectivity index (χ1v) is 10.0. The molecular weight excluding hydrogens is 362 g/mol. The van der Waals surface area contributed by atoms with Crippen molar-refractivity contribution in [2.75, 3.05) is 17.8 Å². The largest absolute Gasteiger partial charge is 0.316 e. The molecule has 3 heterocycles. The molecule has 2 aromatic rings.